The molecule has 2 aromatic rings. The minimum atomic E-state index is -0.363. The molecule has 1 aromatic carbocycles. The molecule has 2 aliphatic rings. The number of cyclic esters (lactones) is 1. The van der Waals surface area contributed by atoms with Crippen LogP contribution in [0.1, 0.15) is 35.3 Å². The highest BCUT2D eigenvalue weighted by Gasteiger charge is 2.49. The van der Waals surface area contributed by atoms with E-state index in [2.05, 4.69) is 20.8 Å². The molecule has 1 unspecified atom stereocenters. The van der Waals surface area contributed by atoms with Crippen molar-refractivity contribution in [2.24, 2.45) is 5.41 Å². The number of ether oxygens (including phenoxy) is 1. The molecule has 0 bridgehead atoms. The van der Waals surface area contributed by atoms with Gasteiger partial charge in [-0.2, -0.15) is 5.10 Å². The van der Waals surface area contributed by atoms with E-state index in [0.717, 1.165) is 42.4 Å². The number of hydrogen-bond donors (Lipinski definition) is 3. The van der Waals surface area contributed by atoms with Crippen LogP contribution in [0, 0.1) is 12.3 Å². The first-order valence-corrected chi connectivity index (χ1v) is 8.73. The van der Waals surface area contributed by atoms with Gasteiger partial charge in [0.05, 0.1) is 17.5 Å². The molecule has 0 saturated carbocycles. The number of esters is 1. The summed E-state index contributed by atoms with van der Waals surface area (Å²) < 4.78 is 5.52. The fraction of sp³-hybridized carbons (Fsp3) is 0.500. The fourth-order valence-corrected chi connectivity index (χ4v) is 3.91. The molecule has 1 amide bonds. The van der Waals surface area contributed by atoms with Crippen molar-refractivity contribution in [1.29, 1.82) is 0 Å². The second-order valence-corrected chi connectivity index (χ2v) is 7.04. The minimum absolute atomic E-state index is 0.115. The first-order chi connectivity index (χ1) is 12.1. The Morgan fingerprint density at radius 2 is 2.20 bits per heavy atom. The van der Waals surface area contributed by atoms with Crippen LogP contribution in [0.3, 0.4) is 0 Å². The van der Waals surface area contributed by atoms with E-state index in [9.17, 15) is 9.59 Å². The molecule has 7 heteroatoms. The normalized spacial score (nSPS) is 22.3. The fourth-order valence-electron chi connectivity index (χ4n) is 3.91. The summed E-state index contributed by atoms with van der Waals surface area (Å²) in [4.78, 5) is 24.8. The molecule has 2 aliphatic heterocycles. The van der Waals surface area contributed by atoms with Gasteiger partial charge in [0.15, 0.2) is 0 Å². The Hall–Kier alpha value is -2.41. The van der Waals surface area contributed by atoms with Crippen LogP contribution in [0.2, 0.25) is 0 Å². The Labute approximate surface area is 145 Å². The smallest absolute Gasteiger partial charge is 0.312 e. The summed E-state index contributed by atoms with van der Waals surface area (Å²) in [5, 5.41) is 14.0. The molecule has 4 rings (SSSR count). The number of nitrogens with zero attached hydrogens (tertiary/aromatic N) is 1. The lowest BCUT2D eigenvalue weighted by molar-refractivity contribution is -0.149. The Balaban J connectivity index is 1.42. The molecule has 2 fully saturated rings. The number of fused-ring (bicyclic) bond motifs is 1. The number of amides is 1. The van der Waals surface area contributed by atoms with E-state index in [1.807, 2.05) is 25.1 Å². The van der Waals surface area contributed by atoms with Crippen LogP contribution >= 0.6 is 0 Å². The van der Waals surface area contributed by atoms with Crippen molar-refractivity contribution < 1.29 is 14.3 Å². The molecule has 25 heavy (non-hydrogen) atoms. The van der Waals surface area contributed by atoms with Gasteiger partial charge in [-0.1, -0.05) is 18.2 Å². The maximum Gasteiger partial charge on any atom is 0.312 e. The number of nitrogens with one attached hydrogen (secondary N) is 3. The van der Waals surface area contributed by atoms with Crippen LogP contribution in [0.15, 0.2) is 18.2 Å². The summed E-state index contributed by atoms with van der Waals surface area (Å²) in [5.74, 6) is -0.341. The molecule has 2 saturated heterocycles. The summed E-state index contributed by atoms with van der Waals surface area (Å²) in [6, 6.07) is 5.74. The van der Waals surface area contributed by atoms with Crippen molar-refractivity contribution >= 4 is 22.8 Å². The van der Waals surface area contributed by atoms with Crippen molar-refractivity contribution in [3.8, 4) is 0 Å². The maximum atomic E-state index is 12.5. The molecule has 132 valence electrons. The highest BCUT2D eigenvalue weighted by Crippen LogP contribution is 2.41. The predicted molar refractivity (Wildman–Crippen MR) is 92.2 cm³/mol. The lowest BCUT2D eigenvalue weighted by Gasteiger charge is -2.29. The zero-order valence-corrected chi connectivity index (χ0v) is 14.2. The van der Waals surface area contributed by atoms with Gasteiger partial charge in [-0.3, -0.25) is 14.7 Å². The second-order valence-electron chi connectivity index (χ2n) is 7.04. The van der Waals surface area contributed by atoms with E-state index >= 15 is 0 Å². The number of rotatable bonds is 3. The van der Waals surface area contributed by atoms with Crippen molar-refractivity contribution in [3.05, 3.63) is 29.5 Å². The van der Waals surface area contributed by atoms with E-state index in [1.54, 1.807) is 0 Å². The Bertz CT molecular complexity index is 823. The lowest BCUT2D eigenvalue weighted by atomic mass is 9.76. The number of carbonyl (C=O) groups is 2. The van der Waals surface area contributed by atoms with Gasteiger partial charge >= 0.3 is 5.97 Å². The third-order valence-electron chi connectivity index (χ3n) is 5.39. The summed E-state index contributed by atoms with van der Waals surface area (Å²) in [6.07, 6.45) is 2.03. The SMILES string of the molecule is Cc1cccc2c(C(=O)NCC3CC4(CCNCC4)C(=O)O3)[nH]nc12. The number of piperidine rings is 1. The third-order valence-corrected chi connectivity index (χ3v) is 5.39. The summed E-state index contributed by atoms with van der Waals surface area (Å²) >= 11 is 0. The number of H-pyrrole nitrogens is 1. The first-order valence-electron chi connectivity index (χ1n) is 8.73. The number of aromatic nitrogens is 2. The second kappa shape index (κ2) is 6.15. The molecule has 3 heterocycles. The molecule has 1 atom stereocenters. The van der Waals surface area contributed by atoms with E-state index in [0.29, 0.717) is 18.7 Å². The minimum Gasteiger partial charge on any atom is -0.460 e. The number of benzene rings is 1. The highest BCUT2D eigenvalue weighted by atomic mass is 16.6. The van der Waals surface area contributed by atoms with Crippen molar-refractivity contribution in [2.45, 2.75) is 32.3 Å². The van der Waals surface area contributed by atoms with Crippen LogP contribution in [0.4, 0.5) is 0 Å². The van der Waals surface area contributed by atoms with Crippen molar-refractivity contribution in [3.63, 3.8) is 0 Å². The van der Waals surface area contributed by atoms with Crippen LogP contribution in [0.5, 0.6) is 0 Å². The van der Waals surface area contributed by atoms with Crippen LogP contribution in [-0.2, 0) is 9.53 Å². The average Bonchev–Trinajstić information content (AvgIpc) is 3.17. The van der Waals surface area contributed by atoms with Gasteiger partial charge < -0.3 is 15.4 Å². The van der Waals surface area contributed by atoms with E-state index < -0.39 is 0 Å². The zero-order chi connectivity index (χ0) is 17.4. The van der Waals surface area contributed by atoms with E-state index in [-0.39, 0.29) is 23.4 Å². The lowest BCUT2D eigenvalue weighted by Crippen LogP contribution is -2.39. The van der Waals surface area contributed by atoms with Crippen molar-refractivity contribution in [2.75, 3.05) is 19.6 Å². The molecular weight excluding hydrogens is 320 g/mol. The summed E-state index contributed by atoms with van der Waals surface area (Å²) in [6.45, 7) is 3.97. The third kappa shape index (κ3) is 2.78. The summed E-state index contributed by atoms with van der Waals surface area (Å²) in [7, 11) is 0. The Kier molecular flexibility index (Phi) is 3.95. The molecule has 7 nitrogen and oxygen atoms in total. The molecule has 3 N–H and O–H groups in total. The van der Waals surface area contributed by atoms with E-state index in [1.165, 1.54) is 0 Å². The topological polar surface area (TPSA) is 96.1 Å². The molecule has 1 aromatic heterocycles. The Morgan fingerprint density at radius 3 is 3.00 bits per heavy atom. The van der Waals surface area contributed by atoms with Gasteiger partial charge in [-0.05, 0) is 38.4 Å². The number of aryl methyl sites for hydroxylation is 1. The number of carbonyl (C=O) groups excluding carboxylic acids is 2. The van der Waals surface area contributed by atoms with Crippen LogP contribution < -0.4 is 10.6 Å². The maximum absolute atomic E-state index is 12.5. The van der Waals surface area contributed by atoms with Gasteiger partial charge in [-0.15, -0.1) is 0 Å². The van der Waals surface area contributed by atoms with Crippen molar-refractivity contribution in [1.82, 2.24) is 20.8 Å². The van der Waals surface area contributed by atoms with Crippen LogP contribution in [-0.4, -0.2) is 47.8 Å². The zero-order valence-electron chi connectivity index (χ0n) is 14.2. The number of aromatic amines is 1. The largest absolute Gasteiger partial charge is 0.460 e. The van der Waals surface area contributed by atoms with Crippen LogP contribution in [0.25, 0.3) is 10.9 Å². The quantitative estimate of drug-likeness (QED) is 0.731. The number of para-hydroxylation sites is 1. The predicted octanol–water partition coefficient (Wildman–Crippen LogP) is 1.29. The number of hydrogen-bond acceptors (Lipinski definition) is 5. The molecule has 0 radical (unpaired) electrons. The standard InChI is InChI=1S/C18H22N4O3/c1-11-3-2-4-13-14(11)21-22-15(13)16(23)20-10-12-9-18(17(24)25-12)5-7-19-8-6-18/h2-4,12,19H,5-10H2,1H3,(H,20,23)(H,21,22). The highest BCUT2D eigenvalue weighted by molar-refractivity contribution is 6.05. The van der Waals surface area contributed by atoms with Gasteiger partial charge in [0.25, 0.3) is 5.91 Å². The average molecular weight is 342 g/mol. The monoisotopic (exact) mass is 342 g/mol. The Morgan fingerprint density at radius 1 is 1.40 bits per heavy atom. The van der Waals surface area contributed by atoms with Gasteiger partial charge in [0.1, 0.15) is 11.8 Å². The molecule has 1 spiro atoms. The first kappa shape index (κ1) is 16.1. The molecule has 0 aliphatic carbocycles. The molecular formula is C18H22N4O3. The van der Waals surface area contributed by atoms with Gasteiger partial charge in [0, 0.05) is 11.8 Å². The van der Waals surface area contributed by atoms with E-state index in [4.69, 9.17) is 4.74 Å². The summed E-state index contributed by atoms with van der Waals surface area (Å²) in [5.41, 5.74) is 1.90. The van der Waals surface area contributed by atoms with Gasteiger partial charge in [0.2, 0.25) is 0 Å². The van der Waals surface area contributed by atoms with Gasteiger partial charge in [-0.25, -0.2) is 0 Å².